The molecule has 0 aromatic heterocycles. The van der Waals surface area contributed by atoms with Crippen LogP contribution in [0.1, 0.15) is 26.3 Å². The summed E-state index contributed by atoms with van der Waals surface area (Å²) in [7, 11) is 0. The summed E-state index contributed by atoms with van der Waals surface area (Å²) in [6, 6.07) is 16.7. The lowest BCUT2D eigenvalue weighted by atomic mass is 10.1. The van der Waals surface area contributed by atoms with Crippen molar-refractivity contribution in [3.63, 3.8) is 0 Å². The highest BCUT2D eigenvalue weighted by atomic mass is 16.2. The van der Waals surface area contributed by atoms with Gasteiger partial charge in [-0.15, -0.1) is 0 Å². The van der Waals surface area contributed by atoms with Gasteiger partial charge in [0.25, 0.3) is 5.91 Å². The molecule has 3 rings (SSSR count). The normalized spacial score (nSPS) is 16.1. The van der Waals surface area contributed by atoms with Gasteiger partial charge in [0.15, 0.2) is 6.29 Å². The number of aldehydes is 1. The van der Waals surface area contributed by atoms with E-state index in [0.717, 1.165) is 44.6 Å². The smallest absolute Gasteiger partial charge is 0.252 e. The van der Waals surface area contributed by atoms with Gasteiger partial charge in [-0.1, -0.05) is 60.7 Å². The van der Waals surface area contributed by atoms with E-state index in [1.165, 1.54) is 0 Å². The van der Waals surface area contributed by atoms with E-state index >= 15 is 0 Å². The quantitative estimate of drug-likeness (QED) is 0.741. The third-order valence-electron chi connectivity index (χ3n) is 4.63. The van der Waals surface area contributed by atoms with Crippen LogP contribution in [0.2, 0.25) is 0 Å². The van der Waals surface area contributed by atoms with Crippen LogP contribution < -0.4 is 10.6 Å². The zero-order valence-corrected chi connectivity index (χ0v) is 15.3. The number of nitrogens with one attached hydrogen (secondary N) is 2. The number of benzene rings is 2. The standard InChI is InChI=1S/C22H25N3O2/c26-17-19-8-4-5-9-21(19)22(27)24-20(16-25-14-12-23-13-15-25)11-10-18-6-2-1-3-7-18/h1-11,17,20,23H,12-16H2,(H,24,27)/b11-10+. The van der Waals surface area contributed by atoms with Crippen molar-refractivity contribution in [2.24, 2.45) is 0 Å². The van der Waals surface area contributed by atoms with Gasteiger partial charge in [-0.3, -0.25) is 14.5 Å². The fourth-order valence-corrected chi connectivity index (χ4v) is 3.17. The van der Waals surface area contributed by atoms with Crippen molar-refractivity contribution in [2.75, 3.05) is 32.7 Å². The molecule has 5 nitrogen and oxygen atoms in total. The predicted octanol–water partition coefficient (Wildman–Crippen LogP) is 2.22. The number of hydrogen-bond donors (Lipinski definition) is 2. The van der Waals surface area contributed by atoms with E-state index in [9.17, 15) is 9.59 Å². The Morgan fingerprint density at radius 3 is 2.52 bits per heavy atom. The minimum atomic E-state index is -0.226. The Kier molecular flexibility index (Phi) is 6.90. The van der Waals surface area contributed by atoms with Crippen LogP contribution in [0, 0.1) is 0 Å². The summed E-state index contributed by atoms with van der Waals surface area (Å²) < 4.78 is 0. The molecule has 0 bridgehead atoms. The first-order valence-electron chi connectivity index (χ1n) is 9.27. The van der Waals surface area contributed by atoms with Gasteiger partial charge < -0.3 is 10.6 Å². The Balaban J connectivity index is 1.74. The van der Waals surface area contributed by atoms with E-state index < -0.39 is 0 Å². The van der Waals surface area contributed by atoms with Crippen LogP contribution in [0.15, 0.2) is 60.7 Å². The second kappa shape index (κ2) is 9.80. The first-order chi connectivity index (χ1) is 13.3. The Labute approximate surface area is 160 Å². The topological polar surface area (TPSA) is 61.4 Å². The van der Waals surface area contributed by atoms with Gasteiger partial charge in [0.05, 0.1) is 6.04 Å². The monoisotopic (exact) mass is 363 g/mol. The number of hydrogen-bond acceptors (Lipinski definition) is 4. The molecule has 2 aromatic carbocycles. The number of carbonyl (C=O) groups is 2. The van der Waals surface area contributed by atoms with Gasteiger partial charge in [0.2, 0.25) is 0 Å². The summed E-state index contributed by atoms with van der Waals surface area (Å²) >= 11 is 0. The maximum absolute atomic E-state index is 12.8. The van der Waals surface area contributed by atoms with E-state index in [1.807, 2.05) is 42.5 Å². The molecule has 1 heterocycles. The molecule has 1 atom stereocenters. The SMILES string of the molecule is O=Cc1ccccc1C(=O)NC(/C=C/c1ccccc1)CN1CCNCC1. The van der Waals surface area contributed by atoms with E-state index in [4.69, 9.17) is 0 Å². The lowest BCUT2D eigenvalue weighted by Crippen LogP contribution is -2.49. The largest absolute Gasteiger partial charge is 0.345 e. The predicted molar refractivity (Wildman–Crippen MR) is 108 cm³/mol. The molecule has 1 amide bonds. The summed E-state index contributed by atoms with van der Waals surface area (Å²) in [5.74, 6) is -0.226. The van der Waals surface area contributed by atoms with Gasteiger partial charge in [0.1, 0.15) is 0 Å². The summed E-state index contributed by atoms with van der Waals surface area (Å²) in [5, 5.41) is 6.42. The minimum Gasteiger partial charge on any atom is -0.345 e. The third kappa shape index (κ3) is 5.61. The van der Waals surface area contributed by atoms with Gasteiger partial charge >= 0.3 is 0 Å². The van der Waals surface area contributed by atoms with Crippen molar-refractivity contribution in [3.05, 3.63) is 77.4 Å². The Morgan fingerprint density at radius 1 is 1.07 bits per heavy atom. The second-order valence-electron chi connectivity index (χ2n) is 6.61. The summed E-state index contributed by atoms with van der Waals surface area (Å²) in [6.07, 6.45) is 4.78. The molecule has 1 unspecified atom stereocenters. The number of rotatable bonds is 7. The molecule has 0 spiro atoms. The van der Waals surface area contributed by atoms with Crippen LogP contribution in [-0.2, 0) is 0 Å². The highest BCUT2D eigenvalue weighted by Gasteiger charge is 2.18. The number of amides is 1. The van der Waals surface area contributed by atoms with Crippen LogP contribution in [-0.4, -0.2) is 55.9 Å². The Bertz CT molecular complexity index is 783. The summed E-state index contributed by atoms with van der Waals surface area (Å²) in [4.78, 5) is 26.3. The fraction of sp³-hybridized carbons (Fsp3) is 0.273. The van der Waals surface area contributed by atoms with Crippen molar-refractivity contribution < 1.29 is 9.59 Å². The van der Waals surface area contributed by atoms with Crippen LogP contribution in [0.3, 0.4) is 0 Å². The average Bonchev–Trinajstić information content (AvgIpc) is 2.73. The molecule has 1 saturated heterocycles. The van der Waals surface area contributed by atoms with Gasteiger partial charge in [-0.2, -0.15) is 0 Å². The lowest BCUT2D eigenvalue weighted by Gasteiger charge is -2.30. The molecule has 140 valence electrons. The average molecular weight is 363 g/mol. The number of piperazine rings is 1. The van der Waals surface area contributed by atoms with Gasteiger partial charge in [-0.25, -0.2) is 0 Å². The summed E-state index contributed by atoms with van der Waals surface area (Å²) in [6.45, 7) is 4.56. The molecule has 27 heavy (non-hydrogen) atoms. The molecular weight excluding hydrogens is 338 g/mol. The van der Waals surface area contributed by atoms with Crippen molar-refractivity contribution in [3.8, 4) is 0 Å². The number of carbonyl (C=O) groups excluding carboxylic acids is 2. The second-order valence-corrected chi connectivity index (χ2v) is 6.61. The van der Waals surface area contributed by atoms with Crippen molar-refractivity contribution in [2.45, 2.75) is 6.04 Å². The molecule has 1 aliphatic heterocycles. The first-order valence-corrected chi connectivity index (χ1v) is 9.27. The van der Waals surface area contributed by atoms with Crippen molar-refractivity contribution >= 4 is 18.3 Å². The molecule has 5 heteroatoms. The fourth-order valence-electron chi connectivity index (χ4n) is 3.17. The molecular formula is C22H25N3O2. The van der Waals surface area contributed by atoms with Gasteiger partial charge in [0, 0.05) is 43.9 Å². The van der Waals surface area contributed by atoms with Crippen LogP contribution in [0.5, 0.6) is 0 Å². The lowest BCUT2D eigenvalue weighted by molar-refractivity contribution is 0.0928. The van der Waals surface area contributed by atoms with Crippen LogP contribution in [0.4, 0.5) is 0 Å². The maximum atomic E-state index is 12.8. The van der Waals surface area contributed by atoms with E-state index in [1.54, 1.807) is 24.3 Å². The highest BCUT2D eigenvalue weighted by molar-refractivity contribution is 6.01. The Morgan fingerprint density at radius 2 is 1.78 bits per heavy atom. The van der Waals surface area contributed by atoms with Crippen molar-refractivity contribution in [1.82, 2.24) is 15.5 Å². The molecule has 2 aromatic rings. The molecule has 1 aliphatic rings. The minimum absolute atomic E-state index is 0.143. The first kappa shape index (κ1) is 19.0. The molecule has 0 aliphatic carbocycles. The summed E-state index contributed by atoms with van der Waals surface area (Å²) in [5.41, 5.74) is 1.90. The van der Waals surface area contributed by atoms with Gasteiger partial charge in [-0.05, 0) is 11.6 Å². The molecule has 2 N–H and O–H groups in total. The van der Waals surface area contributed by atoms with Crippen LogP contribution in [0.25, 0.3) is 6.08 Å². The Hall–Kier alpha value is -2.76. The van der Waals surface area contributed by atoms with Crippen molar-refractivity contribution in [1.29, 1.82) is 0 Å². The highest BCUT2D eigenvalue weighted by Crippen LogP contribution is 2.09. The molecule has 0 radical (unpaired) electrons. The van der Waals surface area contributed by atoms with Crippen LogP contribution >= 0.6 is 0 Å². The third-order valence-corrected chi connectivity index (χ3v) is 4.63. The van der Waals surface area contributed by atoms with E-state index in [0.29, 0.717) is 11.1 Å². The zero-order chi connectivity index (χ0) is 18.9. The van der Waals surface area contributed by atoms with E-state index in [2.05, 4.69) is 15.5 Å². The zero-order valence-electron chi connectivity index (χ0n) is 15.3. The molecule has 1 fully saturated rings. The maximum Gasteiger partial charge on any atom is 0.252 e. The number of nitrogens with zero attached hydrogens (tertiary/aromatic N) is 1. The van der Waals surface area contributed by atoms with E-state index in [-0.39, 0.29) is 11.9 Å². The molecule has 0 saturated carbocycles.